The maximum atomic E-state index is 12.3. The summed E-state index contributed by atoms with van der Waals surface area (Å²) >= 11 is 0. The van der Waals surface area contributed by atoms with E-state index in [9.17, 15) is 9.59 Å². The number of benzene rings is 1. The van der Waals surface area contributed by atoms with Crippen LogP contribution in [0.4, 0.5) is 0 Å². The normalized spacial score (nSPS) is 12.4. The molecule has 1 aromatic heterocycles. The van der Waals surface area contributed by atoms with Gasteiger partial charge in [-0.3, -0.25) is 9.59 Å². The number of carbonyl (C=O) groups is 2. The van der Waals surface area contributed by atoms with Gasteiger partial charge in [0.15, 0.2) is 5.76 Å². The van der Waals surface area contributed by atoms with Crippen LogP contribution in [0.1, 0.15) is 40.6 Å². The highest BCUT2D eigenvalue weighted by Crippen LogP contribution is 2.30. The Labute approximate surface area is 129 Å². The van der Waals surface area contributed by atoms with E-state index in [1.165, 1.54) is 0 Å². The Kier molecular flexibility index (Phi) is 4.54. The highest BCUT2D eigenvalue weighted by atomic mass is 16.4. The SMILES string of the molecule is Cc1ccc(C)c2c(C)c(C(=O)NCC(C)CC(=O)O)oc12. The summed E-state index contributed by atoms with van der Waals surface area (Å²) in [7, 11) is 0. The quantitative estimate of drug-likeness (QED) is 0.889. The highest BCUT2D eigenvalue weighted by molar-refractivity contribution is 6.00. The maximum absolute atomic E-state index is 12.3. The molecule has 2 N–H and O–H groups in total. The molecule has 1 amide bonds. The van der Waals surface area contributed by atoms with Crippen molar-refractivity contribution in [2.75, 3.05) is 6.54 Å². The fourth-order valence-electron chi connectivity index (χ4n) is 2.61. The number of hydrogen-bond donors (Lipinski definition) is 2. The van der Waals surface area contributed by atoms with Crippen molar-refractivity contribution < 1.29 is 19.1 Å². The standard InChI is InChI=1S/C17H21NO4/c1-9(7-13(19)20)8-18-17(21)16-12(4)14-10(2)5-6-11(3)15(14)22-16/h5-6,9H,7-8H2,1-4H3,(H,18,21)(H,19,20). The van der Waals surface area contributed by atoms with E-state index < -0.39 is 5.97 Å². The fourth-order valence-corrected chi connectivity index (χ4v) is 2.61. The Morgan fingerprint density at radius 3 is 2.45 bits per heavy atom. The Balaban J connectivity index is 2.22. The van der Waals surface area contributed by atoms with Gasteiger partial charge in [0.05, 0.1) is 0 Å². The molecule has 0 saturated heterocycles. The second kappa shape index (κ2) is 6.22. The zero-order valence-electron chi connectivity index (χ0n) is 13.3. The molecule has 0 aliphatic rings. The third-order valence-electron chi connectivity index (χ3n) is 3.82. The van der Waals surface area contributed by atoms with E-state index in [2.05, 4.69) is 5.32 Å². The number of nitrogens with one attached hydrogen (secondary N) is 1. The lowest BCUT2D eigenvalue weighted by atomic mass is 10.0. The van der Waals surface area contributed by atoms with Gasteiger partial charge in [0.25, 0.3) is 5.91 Å². The lowest BCUT2D eigenvalue weighted by Crippen LogP contribution is -2.29. The molecule has 1 aromatic carbocycles. The molecule has 0 bridgehead atoms. The van der Waals surface area contributed by atoms with Crippen LogP contribution >= 0.6 is 0 Å². The molecule has 0 radical (unpaired) electrons. The lowest BCUT2D eigenvalue weighted by Gasteiger charge is -2.09. The van der Waals surface area contributed by atoms with Crippen LogP contribution in [0, 0.1) is 26.7 Å². The topological polar surface area (TPSA) is 79.5 Å². The average Bonchev–Trinajstić information content (AvgIpc) is 2.79. The van der Waals surface area contributed by atoms with Gasteiger partial charge in [-0.1, -0.05) is 19.1 Å². The third-order valence-corrected chi connectivity index (χ3v) is 3.82. The smallest absolute Gasteiger partial charge is 0.303 e. The number of furan rings is 1. The Morgan fingerprint density at radius 1 is 1.23 bits per heavy atom. The molecule has 118 valence electrons. The molecule has 0 aliphatic heterocycles. The first-order valence-electron chi connectivity index (χ1n) is 7.30. The van der Waals surface area contributed by atoms with Crippen molar-refractivity contribution in [3.8, 4) is 0 Å². The molecule has 0 aliphatic carbocycles. The van der Waals surface area contributed by atoms with Gasteiger partial charge in [-0.05, 0) is 37.8 Å². The number of aryl methyl sites for hydroxylation is 3. The van der Waals surface area contributed by atoms with Gasteiger partial charge in [0, 0.05) is 23.9 Å². The summed E-state index contributed by atoms with van der Waals surface area (Å²) in [6, 6.07) is 3.98. The minimum atomic E-state index is -0.868. The Bertz CT molecular complexity index is 730. The lowest BCUT2D eigenvalue weighted by molar-refractivity contribution is -0.137. The molecule has 0 spiro atoms. The molecule has 2 aromatic rings. The van der Waals surface area contributed by atoms with Gasteiger partial charge < -0.3 is 14.8 Å². The number of hydrogen-bond acceptors (Lipinski definition) is 3. The molecular formula is C17H21NO4. The van der Waals surface area contributed by atoms with E-state index in [1.807, 2.05) is 32.9 Å². The minimum Gasteiger partial charge on any atom is -0.481 e. The van der Waals surface area contributed by atoms with E-state index in [0.717, 1.165) is 27.7 Å². The van der Waals surface area contributed by atoms with Crippen molar-refractivity contribution in [2.24, 2.45) is 5.92 Å². The average molecular weight is 303 g/mol. The van der Waals surface area contributed by atoms with Crippen LogP contribution in [0.5, 0.6) is 0 Å². The molecule has 0 saturated carbocycles. The second-order valence-electron chi connectivity index (χ2n) is 5.87. The second-order valence-corrected chi connectivity index (χ2v) is 5.87. The molecule has 22 heavy (non-hydrogen) atoms. The highest BCUT2D eigenvalue weighted by Gasteiger charge is 2.20. The molecule has 5 nitrogen and oxygen atoms in total. The predicted molar refractivity (Wildman–Crippen MR) is 84.2 cm³/mol. The first kappa shape index (κ1) is 16.1. The summed E-state index contributed by atoms with van der Waals surface area (Å²) in [5.41, 5.74) is 3.61. The van der Waals surface area contributed by atoms with Crippen molar-refractivity contribution in [1.29, 1.82) is 0 Å². The van der Waals surface area contributed by atoms with Crippen molar-refractivity contribution in [3.63, 3.8) is 0 Å². The predicted octanol–water partition coefficient (Wildman–Crippen LogP) is 3.20. The molecule has 1 atom stereocenters. The Morgan fingerprint density at radius 2 is 1.86 bits per heavy atom. The number of carbonyl (C=O) groups excluding carboxylic acids is 1. The van der Waals surface area contributed by atoms with E-state index in [-0.39, 0.29) is 18.2 Å². The van der Waals surface area contributed by atoms with Crippen LogP contribution in [0.3, 0.4) is 0 Å². The van der Waals surface area contributed by atoms with E-state index in [1.54, 1.807) is 6.92 Å². The van der Waals surface area contributed by atoms with Gasteiger partial charge in [0.1, 0.15) is 5.58 Å². The van der Waals surface area contributed by atoms with Crippen LogP contribution in [0.25, 0.3) is 11.0 Å². The number of fused-ring (bicyclic) bond motifs is 1. The monoisotopic (exact) mass is 303 g/mol. The van der Waals surface area contributed by atoms with Crippen LogP contribution in [-0.4, -0.2) is 23.5 Å². The van der Waals surface area contributed by atoms with Crippen molar-refractivity contribution in [2.45, 2.75) is 34.1 Å². The van der Waals surface area contributed by atoms with Gasteiger partial charge >= 0.3 is 5.97 Å². The summed E-state index contributed by atoms with van der Waals surface area (Å²) < 4.78 is 5.76. The van der Waals surface area contributed by atoms with E-state index >= 15 is 0 Å². The van der Waals surface area contributed by atoms with Crippen LogP contribution in [-0.2, 0) is 4.79 Å². The summed E-state index contributed by atoms with van der Waals surface area (Å²) in [5.74, 6) is -0.998. The van der Waals surface area contributed by atoms with Gasteiger partial charge in [0.2, 0.25) is 0 Å². The largest absolute Gasteiger partial charge is 0.481 e. The summed E-state index contributed by atoms with van der Waals surface area (Å²) in [4.78, 5) is 22.9. The summed E-state index contributed by atoms with van der Waals surface area (Å²) in [6.45, 7) is 7.89. The summed E-state index contributed by atoms with van der Waals surface area (Å²) in [5, 5.41) is 12.5. The molecule has 1 unspecified atom stereocenters. The third kappa shape index (κ3) is 3.13. The number of rotatable bonds is 5. The van der Waals surface area contributed by atoms with Crippen molar-refractivity contribution in [3.05, 3.63) is 34.6 Å². The zero-order chi connectivity index (χ0) is 16.4. The molecular weight excluding hydrogens is 282 g/mol. The first-order chi connectivity index (χ1) is 10.3. The van der Waals surface area contributed by atoms with Crippen LogP contribution in [0.15, 0.2) is 16.5 Å². The van der Waals surface area contributed by atoms with Crippen molar-refractivity contribution in [1.82, 2.24) is 5.32 Å². The van der Waals surface area contributed by atoms with Gasteiger partial charge in [-0.15, -0.1) is 0 Å². The zero-order valence-corrected chi connectivity index (χ0v) is 13.3. The first-order valence-corrected chi connectivity index (χ1v) is 7.30. The van der Waals surface area contributed by atoms with Gasteiger partial charge in [-0.2, -0.15) is 0 Å². The fraction of sp³-hybridized carbons (Fsp3) is 0.412. The van der Waals surface area contributed by atoms with E-state index in [0.29, 0.717) is 12.3 Å². The van der Waals surface area contributed by atoms with E-state index in [4.69, 9.17) is 9.52 Å². The molecule has 1 heterocycles. The Hall–Kier alpha value is -2.30. The molecule has 5 heteroatoms. The number of carboxylic acid groups (broad SMARTS) is 1. The number of carboxylic acids is 1. The molecule has 0 fully saturated rings. The van der Waals surface area contributed by atoms with Crippen molar-refractivity contribution >= 4 is 22.8 Å². The molecule has 2 rings (SSSR count). The minimum absolute atomic E-state index is 0.0254. The van der Waals surface area contributed by atoms with Crippen LogP contribution < -0.4 is 5.32 Å². The maximum Gasteiger partial charge on any atom is 0.303 e. The van der Waals surface area contributed by atoms with Gasteiger partial charge in [-0.25, -0.2) is 0 Å². The van der Waals surface area contributed by atoms with Crippen LogP contribution in [0.2, 0.25) is 0 Å². The summed E-state index contributed by atoms with van der Waals surface area (Å²) in [6.07, 6.45) is 0.0254. The number of aliphatic carboxylic acids is 1. The number of amides is 1.